The summed E-state index contributed by atoms with van der Waals surface area (Å²) in [4.78, 5) is 26.3. The largest absolute Gasteiger partial charge is 0.350 e. The molecule has 0 bridgehead atoms. The van der Waals surface area contributed by atoms with Gasteiger partial charge in [0.2, 0.25) is 11.8 Å². The van der Waals surface area contributed by atoms with E-state index < -0.39 is 0 Å². The molecule has 0 heterocycles. The third-order valence-corrected chi connectivity index (χ3v) is 3.92. The molecule has 0 aromatic heterocycles. The van der Waals surface area contributed by atoms with Gasteiger partial charge in [-0.25, -0.2) is 0 Å². The number of nitrogens with zero attached hydrogens (tertiary/aromatic N) is 1. The van der Waals surface area contributed by atoms with E-state index in [9.17, 15) is 9.59 Å². The maximum absolute atomic E-state index is 12.4. The Morgan fingerprint density at radius 2 is 1.60 bits per heavy atom. The monoisotopic (exact) mass is 347 g/mol. The maximum Gasteiger partial charge on any atom is 0.234 e. The standard InChI is InChI=1S/C20H33N3O2/c1-7-17(16-11-9-15(3)10-12-16)21-18(24)13-23(8-2)14-19(25)22-20(4,5)6/h9-12,17H,7-8,13-14H2,1-6H3,(H,21,24)(H,22,25)/t17-/m1/s1. The SMILES string of the molecule is CC[C@@H](NC(=O)CN(CC)CC(=O)NC(C)(C)C)c1ccc(C)cc1. The lowest BCUT2D eigenvalue weighted by Crippen LogP contribution is -2.48. The van der Waals surface area contributed by atoms with Crippen LogP contribution in [0.15, 0.2) is 24.3 Å². The number of hydrogen-bond acceptors (Lipinski definition) is 3. The van der Waals surface area contributed by atoms with Crippen molar-refractivity contribution in [2.24, 2.45) is 0 Å². The highest BCUT2D eigenvalue weighted by Gasteiger charge is 2.19. The predicted octanol–water partition coefficient (Wildman–Crippen LogP) is 2.80. The fraction of sp³-hybridized carbons (Fsp3) is 0.600. The molecule has 0 radical (unpaired) electrons. The summed E-state index contributed by atoms with van der Waals surface area (Å²) in [6, 6.07) is 8.21. The van der Waals surface area contributed by atoms with Gasteiger partial charge in [0, 0.05) is 5.54 Å². The van der Waals surface area contributed by atoms with Crippen molar-refractivity contribution in [2.75, 3.05) is 19.6 Å². The van der Waals surface area contributed by atoms with Gasteiger partial charge in [0.1, 0.15) is 0 Å². The van der Waals surface area contributed by atoms with Crippen LogP contribution >= 0.6 is 0 Å². The van der Waals surface area contributed by atoms with Gasteiger partial charge in [0.15, 0.2) is 0 Å². The number of amides is 2. The number of hydrogen-bond donors (Lipinski definition) is 2. The van der Waals surface area contributed by atoms with E-state index in [2.05, 4.69) is 41.8 Å². The van der Waals surface area contributed by atoms with Crippen LogP contribution in [0.2, 0.25) is 0 Å². The number of aryl methyl sites for hydroxylation is 1. The van der Waals surface area contributed by atoms with Gasteiger partial charge in [-0.3, -0.25) is 14.5 Å². The summed E-state index contributed by atoms with van der Waals surface area (Å²) in [7, 11) is 0. The van der Waals surface area contributed by atoms with Crippen molar-refractivity contribution < 1.29 is 9.59 Å². The average Bonchev–Trinajstić information content (AvgIpc) is 2.51. The first-order valence-corrected chi connectivity index (χ1v) is 9.04. The van der Waals surface area contributed by atoms with Crippen molar-refractivity contribution in [3.8, 4) is 0 Å². The molecule has 5 nitrogen and oxygen atoms in total. The number of carbonyl (C=O) groups excluding carboxylic acids is 2. The second-order valence-electron chi connectivity index (χ2n) is 7.54. The van der Waals surface area contributed by atoms with Gasteiger partial charge in [-0.15, -0.1) is 0 Å². The molecule has 0 aliphatic rings. The zero-order valence-electron chi connectivity index (χ0n) is 16.5. The van der Waals surface area contributed by atoms with E-state index in [-0.39, 0.29) is 36.5 Å². The lowest BCUT2D eigenvalue weighted by atomic mass is 10.0. The predicted molar refractivity (Wildman–Crippen MR) is 102 cm³/mol. The molecule has 0 saturated heterocycles. The van der Waals surface area contributed by atoms with Crippen molar-refractivity contribution in [1.29, 1.82) is 0 Å². The Hall–Kier alpha value is -1.88. The third-order valence-electron chi connectivity index (χ3n) is 3.92. The van der Waals surface area contributed by atoms with E-state index in [1.54, 1.807) is 0 Å². The van der Waals surface area contributed by atoms with E-state index in [4.69, 9.17) is 0 Å². The van der Waals surface area contributed by atoms with Crippen LogP contribution in [0.1, 0.15) is 58.2 Å². The van der Waals surface area contributed by atoms with Crippen LogP contribution in [-0.2, 0) is 9.59 Å². The van der Waals surface area contributed by atoms with Crippen LogP contribution in [0.25, 0.3) is 0 Å². The molecule has 2 amide bonds. The molecule has 0 unspecified atom stereocenters. The highest BCUT2D eigenvalue weighted by Crippen LogP contribution is 2.17. The summed E-state index contributed by atoms with van der Waals surface area (Å²) < 4.78 is 0. The van der Waals surface area contributed by atoms with E-state index in [0.29, 0.717) is 6.54 Å². The number of carbonyl (C=O) groups is 2. The van der Waals surface area contributed by atoms with Crippen molar-refractivity contribution in [1.82, 2.24) is 15.5 Å². The molecule has 1 aromatic rings. The molecule has 25 heavy (non-hydrogen) atoms. The first-order chi connectivity index (χ1) is 11.6. The zero-order chi connectivity index (χ0) is 19.0. The summed E-state index contributed by atoms with van der Waals surface area (Å²) >= 11 is 0. The van der Waals surface area contributed by atoms with Gasteiger partial charge >= 0.3 is 0 Å². The van der Waals surface area contributed by atoms with E-state index in [1.165, 1.54) is 5.56 Å². The zero-order valence-corrected chi connectivity index (χ0v) is 16.5. The summed E-state index contributed by atoms with van der Waals surface area (Å²) in [5.41, 5.74) is 2.04. The van der Waals surface area contributed by atoms with Crippen LogP contribution in [-0.4, -0.2) is 41.9 Å². The lowest BCUT2D eigenvalue weighted by molar-refractivity contribution is -0.126. The number of nitrogens with one attached hydrogen (secondary N) is 2. The van der Waals surface area contributed by atoms with E-state index >= 15 is 0 Å². The Balaban J connectivity index is 2.59. The van der Waals surface area contributed by atoms with Crippen LogP contribution in [0.4, 0.5) is 0 Å². The summed E-state index contributed by atoms with van der Waals surface area (Å²) in [6.07, 6.45) is 0.825. The van der Waals surface area contributed by atoms with E-state index in [0.717, 1.165) is 12.0 Å². The second-order valence-corrected chi connectivity index (χ2v) is 7.54. The van der Waals surface area contributed by atoms with Gasteiger partial charge in [-0.2, -0.15) is 0 Å². The van der Waals surface area contributed by atoms with Gasteiger partial charge in [-0.05, 0) is 46.2 Å². The first-order valence-electron chi connectivity index (χ1n) is 9.04. The van der Waals surface area contributed by atoms with Crippen LogP contribution < -0.4 is 10.6 Å². The molecular formula is C20H33N3O2. The molecule has 0 saturated carbocycles. The fourth-order valence-corrected chi connectivity index (χ4v) is 2.60. The molecule has 0 aliphatic carbocycles. The highest BCUT2D eigenvalue weighted by molar-refractivity contribution is 5.81. The van der Waals surface area contributed by atoms with Crippen LogP contribution in [0, 0.1) is 6.92 Å². The van der Waals surface area contributed by atoms with Crippen molar-refractivity contribution >= 4 is 11.8 Å². The molecule has 1 aromatic carbocycles. The molecule has 0 spiro atoms. The normalized spacial score (nSPS) is 12.8. The molecule has 140 valence electrons. The van der Waals surface area contributed by atoms with Gasteiger partial charge in [0.05, 0.1) is 19.1 Å². The van der Waals surface area contributed by atoms with Crippen molar-refractivity contribution in [3.63, 3.8) is 0 Å². The highest BCUT2D eigenvalue weighted by atomic mass is 16.2. The minimum absolute atomic E-state index is 0.00444. The maximum atomic E-state index is 12.4. The quantitative estimate of drug-likeness (QED) is 0.760. The molecule has 1 atom stereocenters. The summed E-state index contributed by atoms with van der Waals surface area (Å²) in [6.45, 7) is 13.0. The number of likely N-dealkylation sites (N-methyl/N-ethyl adjacent to an activating group) is 1. The van der Waals surface area contributed by atoms with Gasteiger partial charge in [-0.1, -0.05) is 43.7 Å². The Morgan fingerprint density at radius 3 is 2.08 bits per heavy atom. The Labute approximate surface area is 152 Å². The van der Waals surface area contributed by atoms with Crippen LogP contribution in [0.3, 0.4) is 0 Å². The molecule has 1 rings (SSSR count). The minimum Gasteiger partial charge on any atom is -0.350 e. The van der Waals surface area contributed by atoms with Crippen LogP contribution in [0.5, 0.6) is 0 Å². The topological polar surface area (TPSA) is 61.4 Å². The Kier molecular flexibility index (Phi) is 8.10. The fourth-order valence-electron chi connectivity index (χ4n) is 2.60. The average molecular weight is 348 g/mol. The molecule has 5 heteroatoms. The Bertz CT molecular complexity index is 561. The molecule has 0 aliphatic heterocycles. The molecular weight excluding hydrogens is 314 g/mol. The molecule has 2 N–H and O–H groups in total. The lowest BCUT2D eigenvalue weighted by Gasteiger charge is -2.25. The third kappa shape index (κ3) is 8.16. The first kappa shape index (κ1) is 21.2. The van der Waals surface area contributed by atoms with Crippen molar-refractivity contribution in [3.05, 3.63) is 35.4 Å². The minimum atomic E-state index is -0.266. The number of rotatable bonds is 8. The van der Waals surface area contributed by atoms with Gasteiger partial charge < -0.3 is 10.6 Å². The Morgan fingerprint density at radius 1 is 1.04 bits per heavy atom. The summed E-state index contributed by atoms with van der Waals surface area (Å²) in [5.74, 6) is -0.120. The summed E-state index contributed by atoms with van der Waals surface area (Å²) in [5, 5.41) is 6.00. The molecule has 0 fully saturated rings. The smallest absolute Gasteiger partial charge is 0.234 e. The number of benzene rings is 1. The van der Waals surface area contributed by atoms with Crippen molar-refractivity contribution in [2.45, 2.75) is 59.5 Å². The van der Waals surface area contributed by atoms with E-state index in [1.807, 2.05) is 39.5 Å². The van der Waals surface area contributed by atoms with Gasteiger partial charge in [0.25, 0.3) is 0 Å². The second kappa shape index (κ2) is 9.56.